The van der Waals surface area contributed by atoms with Gasteiger partial charge in [0.2, 0.25) is 6.41 Å². The van der Waals surface area contributed by atoms with Crippen molar-refractivity contribution in [1.29, 1.82) is 5.26 Å². The number of aromatic nitrogens is 1. The minimum absolute atomic E-state index is 0.448. The highest BCUT2D eigenvalue weighted by Gasteiger charge is 2.22. The van der Waals surface area contributed by atoms with Crippen molar-refractivity contribution < 1.29 is 14.3 Å². The molecule has 0 saturated carbocycles. The Kier molecular flexibility index (Phi) is 9.58. The maximum Gasteiger partial charge on any atom is 0.211 e. The highest BCUT2D eigenvalue weighted by atomic mass is 16.5. The molecule has 160 valence electrons. The molecule has 1 aromatic heterocycles. The Morgan fingerprint density at radius 1 is 1.27 bits per heavy atom. The summed E-state index contributed by atoms with van der Waals surface area (Å²) in [4.78, 5) is 18.3. The molecule has 30 heavy (non-hydrogen) atoms. The molecule has 0 bridgehead atoms. The zero-order chi connectivity index (χ0) is 21.8. The number of anilines is 2. The van der Waals surface area contributed by atoms with Gasteiger partial charge in [-0.05, 0) is 38.2 Å². The summed E-state index contributed by atoms with van der Waals surface area (Å²) in [7, 11) is 3.78. The Morgan fingerprint density at radius 2 is 2.03 bits per heavy atom. The van der Waals surface area contributed by atoms with E-state index < -0.39 is 0 Å². The third-order valence-electron chi connectivity index (χ3n) is 4.70. The number of nitrogens with one attached hydrogen (secondary N) is 1. The molecule has 1 aliphatic heterocycles. The highest BCUT2D eigenvalue weighted by molar-refractivity contribution is 5.70. The van der Waals surface area contributed by atoms with Crippen LogP contribution in [0.25, 0.3) is 0 Å². The van der Waals surface area contributed by atoms with E-state index in [1.165, 1.54) is 0 Å². The van der Waals surface area contributed by atoms with Crippen LogP contribution in [0.1, 0.15) is 12.5 Å². The Bertz CT molecular complexity index is 825. The fourth-order valence-corrected chi connectivity index (χ4v) is 3.18. The summed E-state index contributed by atoms with van der Waals surface area (Å²) in [5.41, 5.74) is 2.44. The second kappa shape index (κ2) is 12.4. The van der Waals surface area contributed by atoms with Crippen molar-refractivity contribution in [2.24, 2.45) is 0 Å². The van der Waals surface area contributed by atoms with Gasteiger partial charge in [0.25, 0.3) is 0 Å². The first kappa shape index (κ1) is 23.1. The quantitative estimate of drug-likeness (QED) is 0.552. The second-order valence-corrected chi connectivity index (χ2v) is 6.94. The van der Waals surface area contributed by atoms with Crippen molar-refractivity contribution in [3.05, 3.63) is 48.3 Å². The number of pyridine rings is 1. The molecular weight excluding hydrogens is 382 g/mol. The predicted molar refractivity (Wildman–Crippen MR) is 117 cm³/mol. The van der Waals surface area contributed by atoms with E-state index in [1.807, 2.05) is 18.2 Å². The van der Waals surface area contributed by atoms with E-state index in [1.54, 1.807) is 31.6 Å². The number of hydrogen-bond acceptors (Lipinski definition) is 7. The maximum atomic E-state index is 9.84. The fourth-order valence-electron chi connectivity index (χ4n) is 3.18. The van der Waals surface area contributed by atoms with Gasteiger partial charge in [0.15, 0.2) is 0 Å². The first-order valence-corrected chi connectivity index (χ1v) is 9.80. The van der Waals surface area contributed by atoms with Gasteiger partial charge in [0.05, 0.1) is 12.2 Å². The number of amides is 1. The molecule has 2 aromatic rings. The van der Waals surface area contributed by atoms with Crippen LogP contribution in [-0.4, -0.2) is 69.3 Å². The summed E-state index contributed by atoms with van der Waals surface area (Å²) in [6.45, 7) is 6.26. The van der Waals surface area contributed by atoms with Gasteiger partial charge in [0, 0.05) is 62.6 Å². The summed E-state index contributed by atoms with van der Waals surface area (Å²) in [5, 5.41) is 11.7. The van der Waals surface area contributed by atoms with Crippen molar-refractivity contribution in [1.82, 2.24) is 9.88 Å². The van der Waals surface area contributed by atoms with Gasteiger partial charge in [-0.15, -0.1) is 0 Å². The van der Waals surface area contributed by atoms with Crippen molar-refractivity contribution >= 4 is 17.8 Å². The summed E-state index contributed by atoms with van der Waals surface area (Å²) < 4.78 is 10.7. The number of nitriles is 1. The van der Waals surface area contributed by atoms with Crippen LogP contribution < -0.4 is 15.0 Å². The van der Waals surface area contributed by atoms with E-state index in [0.29, 0.717) is 37.0 Å². The van der Waals surface area contributed by atoms with Crippen molar-refractivity contribution in [2.45, 2.75) is 13.0 Å². The van der Waals surface area contributed by atoms with Gasteiger partial charge in [-0.1, -0.05) is 0 Å². The third-order valence-corrected chi connectivity index (χ3v) is 4.70. The summed E-state index contributed by atoms with van der Waals surface area (Å²) >= 11 is 0. The molecule has 1 unspecified atom stereocenters. The van der Waals surface area contributed by atoms with E-state index in [4.69, 9.17) is 9.47 Å². The Balaban J connectivity index is 0.000000297. The van der Waals surface area contributed by atoms with E-state index in [-0.39, 0.29) is 0 Å². The number of hydrogen-bond donors (Lipinski definition) is 1. The van der Waals surface area contributed by atoms with Gasteiger partial charge in [-0.3, -0.25) is 9.78 Å². The first-order valence-electron chi connectivity index (χ1n) is 9.80. The van der Waals surface area contributed by atoms with E-state index in [9.17, 15) is 10.1 Å². The summed E-state index contributed by atoms with van der Waals surface area (Å²) in [5.74, 6) is 0.637. The highest BCUT2D eigenvalue weighted by Crippen LogP contribution is 2.28. The van der Waals surface area contributed by atoms with Crippen LogP contribution in [-0.2, 0) is 9.53 Å². The zero-order valence-corrected chi connectivity index (χ0v) is 17.7. The number of nitrogens with zero attached hydrogens (tertiary/aromatic N) is 4. The fraction of sp³-hybridized carbons (Fsp3) is 0.409. The van der Waals surface area contributed by atoms with Gasteiger partial charge >= 0.3 is 0 Å². The van der Waals surface area contributed by atoms with Gasteiger partial charge in [-0.2, -0.15) is 5.26 Å². The number of carbonyl (C=O) groups excluding carboxylic acids is 1. The minimum atomic E-state index is 0.448. The van der Waals surface area contributed by atoms with Crippen molar-refractivity contribution in [2.75, 3.05) is 57.2 Å². The molecule has 3 rings (SSSR count). The van der Waals surface area contributed by atoms with Crippen LogP contribution in [0.4, 0.5) is 11.4 Å². The van der Waals surface area contributed by atoms with Crippen LogP contribution in [0.3, 0.4) is 0 Å². The van der Waals surface area contributed by atoms with Gasteiger partial charge in [0.1, 0.15) is 18.4 Å². The molecule has 1 amide bonds. The summed E-state index contributed by atoms with van der Waals surface area (Å²) in [6, 6.07) is 11.9. The Morgan fingerprint density at radius 3 is 2.67 bits per heavy atom. The second-order valence-electron chi connectivity index (χ2n) is 6.94. The van der Waals surface area contributed by atoms with Crippen molar-refractivity contribution in [3.8, 4) is 11.8 Å². The lowest BCUT2D eigenvalue weighted by Gasteiger charge is -2.40. The predicted octanol–water partition coefficient (Wildman–Crippen LogP) is 2.37. The van der Waals surface area contributed by atoms with Crippen LogP contribution in [0.15, 0.2) is 42.7 Å². The van der Waals surface area contributed by atoms with Crippen LogP contribution >= 0.6 is 0 Å². The largest absolute Gasteiger partial charge is 0.490 e. The molecule has 1 atom stereocenters. The molecule has 8 heteroatoms. The molecule has 0 spiro atoms. The standard InChI is InChI=1S/C16H23N3O2.C6H6N2O/c1-13-12-18(2)6-7-19(13)15-5-4-14(11-17)16(10-15)21-9-8-20-3;9-5-8-6-1-3-7-4-2-6/h4-5,10,13H,6-9,12H2,1-3H3;1-5H,(H,7,8,9). The number of methoxy groups -OCH3 is 1. The molecule has 1 fully saturated rings. The topological polar surface area (TPSA) is 90.7 Å². The number of piperazine rings is 1. The molecule has 1 aliphatic rings. The third kappa shape index (κ3) is 7.03. The summed E-state index contributed by atoms with van der Waals surface area (Å²) in [6.07, 6.45) is 3.87. The Labute approximate surface area is 178 Å². The number of benzene rings is 1. The van der Waals surface area contributed by atoms with E-state index in [2.05, 4.69) is 40.1 Å². The minimum Gasteiger partial charge on any atom is -0.490 e. The monoisotopic (exact) mass is 411 g/mol. The number of ether oxygens (including phenoxy) is 2. The molecule has 2 heterocycles. The lowest BCUT2D eigenvalue weighted by atomic mass is 10.1. The first-order chi connectivity index (χ1) is 14.6. The molecule has 8 nitrogen and oxygen atoms in total. The zero-order valence-electron chi connectivity index (χ0n) is 17.7. The average Bonchev–Trinajstić information content (AvgIpc) is 2.75. The number of rotatable bonds is 7. The average molecular weight is 412 g/mol. The molecule has 1 N–H and O–H groups in total. The van der Waals surface area contributed by atoms with Gasteiger partial charge < -0.3 is 24.6 Å². The van der Waals surface area contributed by atoms with E-state index in [0.717, 1.165) is 31.0 Å². The lowest BCUT2D eigenvalue weighted by molar-refractivity contribution is -0.105. The molecule has 1 saturated heterocycles. The molecule has 0 aliphatic carbocycles. The number of likely N-dealkylation sites (N-methyl/N-ethyl adjacent to an activating group) is 1. The van der Waals surface area contributed by atoms with Crippen LogP contribution in [0.5, 0.6) is 5.75 Å². The molecule has 1 aromatic carbocycles. The smallest absolute Gasteiger partial charge is 0.211 e. The van der Waals surface area contributed by atoms with E-state index >= 15 is 0 Å². The van der Waals surface area contributed by atoms with Crippen molar-refractivity contribution in [3.63, 3.8) is 0 Å². The maximum absolute atomic E-state index is 9.84. The Hall–Kier alpha value is -3.15. The SMILES string of the molecule is COCCOc1cc(N2CCN(C)CC2C)ccc1C#N.O=CNc1ccncc1. The van der Waals surface area contributed by atoms with Crippen LogP contribution in [0.2, 0.25) is 0 Å². The molecule has 0 radical (unpaired) electrons. The number of carbonyl (C=O) groups is 1. The van der Waals surface area contributed by atoms with Gasteiger partial charge in [-0.25, -0.2) is 0 Å². The lowest BCUT2D eigenvalue weighted by Crippen LogP contribution is -2.50. The molecular formula is C22H29N5O3. The van der Waals surface area contributed by atoms with Crippen LogP contribution in [0, 0.1) is 11.3 Å². The normalized spacial score (nSPS) is 16.1.